The van der Waals surface area contributed by atoms with Crippen molar-refractivity contribution in [3.05, 3.63) is 29.8 Å². The Bertz CT molecular complexity index is 471. The molecule has 0 aliphatic carbocycles. The van der Waals surface area contributed by atoms with Gasteiger partial charge in [-0.2, -0.15) is 0 Å². The van der Waals surface area contributed by atoms with Gasteiger partial charge in [0.2, 0.25) is 5.91 Å². The lowest BCUT2D eigenvalue weighted by Crippen LogP contribution is -2.56. The zero-order valence-corrected chi connectivity index (χ0v) is 12.0. The van der Waals surface area contributed by atoms with Crippen molar-refractivity contribution in [1.29, 1.82) is 0 Å². The first-order valence-corrected chi connectivity index (χ1v) is 7.54. The van der Waals surface area contributed by atoms with Gasteiger partial charge in [-0.15, -0.1) is 0 Å². The number of benzene rings is 1. The molecule has 1 aromatic rings. The lowest BCUT2D eigenvalue weighted by atomic mass is 9.81. The zero-order chi connectivity index (χ0) is 14.1. The number of nitrogens with one attached hydrogen (secondary N) is 1. The molecule has 0 saturated carbocycles. The van der Waals surface area contributed by atoms with E-state index in [0.29, 0.717) is 23.7 Å². The molecule has 2 aliphatic heterocycles. The number of fused-ring (bicyclic) bond motifs is 2. The van der Waals surface area contributed by atoms with Gasteiger partial charge in [-0.05, 0) is 63.4 Å². The van der Waals surface area contributed by atoms with Crippen LogP contribution in [0.1, 0.15) is 42.5 Å². The summed E-state index contributed by atoms with van der Waals surface area (Å²) in [6, 6.07) is 9.68. The van der Waals surface area contributed by atoms with Gasteiger partial charge in [0.05, 0.1) is 0 Å². The molecular formula is C16H23N3O. The van der Waals surface area contributed by atoms with E-state index in [4.69, 9.17) is 5.73 Å². The minimum absolute atomic E-state index is 0.356. The molecule has 4 nitrogen and oxygen atoms in total. The van der Waals surface area contributed by atoms with E-state index >= 15 is 0 Å². The van der Waals surface area contributed by atoms with Gasteiger partial charge in [-0.1, -0.05) is 0 Å². The smallest absolute Gasteiger partial charge is 0.248 e. The van der Waals surface area contributed by atoms with Crippen molar-refractivity contribution < 1.29 is 4.79 Å². The monoisotopic (exact) mass is 273 g/mol. The molecule has 1 amide bonds. The maximum absolute atomic E-state index is 11.2. The van der Waals surface area contributed by atoms with E-state index in [1.165, 1.54) is 37.8 Å². The molecule has 2 unspecified atom stereocenters. The van der Waals surface area contributed by atoms with Crippen LogP contribution < -0.4 is 16.0 Å². The van der Waals surface area contributed by atoms with Gasteiger partial charge in [0.25, 0.3) is 0 Å². The molecule has 3 N–H and O–H groups in total. The molecule has 20 heavy (non-hydrogen) atoms. The van der Waals surface area contributed by atoms with Gasteiger partial charge in [0, 0.05) is 29.4 Å². The van der Waals surface area contributed by atoms with Crippen LogP contribution in [0.4, 0.5) is 5.69 Å². The van der Waals surface area contributed by atoms with Gasteiger partial charge in [-0.25, -0.2) is 0 Å². The summed E-state index contributed by atoms with van der Waals surface area (Å²) in [4.78, 5) is 13.7. The molecule has 2 saturated heterocycles. The highest BCUT2D eigenvalue weighted by atomic mass is 16.1. The number of nitrogens with two attached hydrogens (primary N) is 1. The summed E-state index contributed by atoms with van der Waals surface area (Å²) in [7, 11) is 2.07. The third-order valence-electron chi connectivity index (χ3n) is 4.83. The van der Waals surface area contributed by atoms with Crippen LogP contribution in [0.15, 0.2) is 24.3 Å². The summed E-state index contributed by atoms with van der Waals surface area (Å²) < 4.78 is 0. The minimum Gasteiger partial charge on any atom is -0.366 e. The zero-order valence-electron chi connectivity index (χ0n) is 12.0. The third kappa shape index (κ3) is 2.40. The highest BCUT2D eigenvalue weighted by molar-refractivity contribution is 5.93. The largest absolute Gasteiger partial charge is 0.366 e. The van der Waals surface area contributed by atoms with E-state index < -0.39 is 0 Å². The van der Waals surface area contributed by atoms with Crippen LogP contribution in [0.25, 0.3) is 0 Å². The van der Waals surface area contributed by atoms with Crippen molar-refractivity contribution in [2.45, 2.75) is 50.2 Å². The van der Waals surface area contributed by atoms with Gasteiger partial charge >= 0.3 is 0 Å². The molecule has 1 aromatic carbocycles. The fourth-order valence-corrected chi connectivity index (χ4v) is 3.84. The highest BCUT2D eigenvalue weighted by Gasteiger charge is 2.37. The standard InChI is InChI=1S/C16H23N3O/c1-18-12-9-14-3-2-4-15(10-12)19(14)13-7-5-11(6-8-13)16(17)20/h5-8,12,14-15,18H,2-4,9-10H2,1H3,(H2,17,20). The molecule has 2 atom stereocenters. The molecule has 4 heteroatoms. The number of piperidine rings is 2. The topological polar surface area (TPSA) is 58.4 Å². The van der Waals surface area contributed by atoms with Crippen molar-refractivity contribution in [3.8, 4) is 0 Å². The maximum atomic E-state index is 11.2. The Morgan fingerprint density at radius 1 is 1.20 bits per heavy atom. The second-order valence-corrected chi connectivity index (χ2v) is 6.01. The fourth-order valence-electron chi connectivity index (χ4n) is 3.84. The molecule has 0 aromatic heterocycles. The molecule has 2 bridgehead atoms. The summed E-state index contributed by atoms with van der Waals surface area (Å²) in [5.74, 6) is -0.356. The van der Waals surface area contributed by atoms with Crippen LogP contribution in [0.3, 0.4) is 0 Å². The normalized spacial score (nSPS) is 29.2. The number of amides is 1. The highest BCUT2D eigenvalue weighted by Crippen LogP contribution is 2.37. The Morgan fingerprint density at radius 3 is 2.30 bits per heavy atom. The number of carbonyl (C=O) groups excluding carboxylic acids is 1. The van der Waals surface area contributed by atoms with Crippen LogP contribution in [-0.4, -0.2) is 31.1 Å². The van der Waals surface area contributed by atoms with E-state index in [9.17, 15) is 4.79 Å². The Balaban J connectivity index is 1.84. The molecule has 2 aliphatic rings. The number of hydrogen-bond acceptors (Lipinski definition) is 3. The van der Waals surface area contributed by atoms with Gasteiger partial charge in [-0.3, -0.25) is 4.79 Å². The lowest BCUT2D eigenvalue weighted by Gasteiger charge is -2.50. The number of rotatable bonds is 3. The Hall–Kier alpha value is -1.55. The first kappa shape index (κ1) is 13.4. The minimum atomic E-state index is -0.356. The average Bonchev–Trinajstić information content (AvgIpc) is 2.46. The van der Waals surface area contributed by atoms with Crippen molar-refractivity contribution in [3.63, 3.8) is 0 Å². The van der Waals surface area contributed by atoms with Crippen molar-refractivity contribution >= 4 is 11.6 Å². The summed E-state index contributed by atoms with van der Waals surface area (Å²) in [5, 5.41) is 3.44. The van der Waals surface area contributed by atoms with Gasteiger partial charge in [0.1, 0.15) is 0 Å². The van der Waals surface area contributed by atoms with Crippen molar-refractivity contribution in [1.82, 2.24) is 5.32 Å². The first-order valence-electron chi connectivity index (χ1n) is 7.54. The molecule has 0 radical (unpaired) electrons. The number of hydrogen-bond donors (Lipinski definition) is 2. The molecule has 2 fully saturated rings. The van der Waals surface area contributed by atoms with Gasteiger partial charge < -0.3 is 16.0 Å². The van der Waals surface area contributed by atoms with Crippen LogP contribution in [-0.2, 0) is 0 Å². The van der Waals surface area contributed by atoms with Crippen molar-refractivity contribution in [2.75, 3.05) is 11.9 Å². The Labute approximate surface area is 120 Å². The van der Waals surface area contributed by atoms with E-state index in [2.05, 4.69) is 17.3 Å². The lowest BCUT2D eigenvalue weighted by molar-refractivity contribution is 0.100. The second-order valence-electron chi connectivity index (χ2n) is 6.01. The molecular weight excluding hydrogens is 250 g/mol. The quantitative estimate of drug-likeness (QED) is 0.884. The maximum Gasteiger partial charge on any atom is 0.248 e. The summed E-state index contributed by atoms with van der Waals surface area (Å²) >= 11 is 0. The summed E-state index contributed by atoms with van der Waals surface area (Å²) in [5.41, 5.74) is 7.13. The van der Waals surface area contributed by atoms with Crippen LogP contribution in [0, 0.1) is 0 Å². The van der Waals surface area contributed by atoms with E-state index in [-0.39, 0.29) is 5.91 Å². The predicted octanol–water partition coefficient (Wildman–Crippen LogP) is 1.89. The van der Waals surface area contributed by atoms with Crippen LogP contribution in [0.5, 0.6) is 0 Å². The SMILES string of the molecule is CNC1CC2CCCC(C1)N2c1ccc(C(N)=O)cc1. The molecule has 0 spiro atoms. The Kier molecular flexibility index (Phi) is 3.66. The van der Waals surface area contributed by atoms with Gasteiger partial charge in [0.15, 0.2) is 0 Å². The fraction of sp³-hybridized carbons (Fsp3) is 0.562. The van der Waals surface area contributed by atoms with Crippen LogP contribution >= 0.6 is 0 Å². The van der Waals surface area contributed by atoms with Crippen LogP contribution in [0.2, 0.25) is 0 Å². The third-order valence-corrected chi connectivity index (χ3v) is 4.83. The summed E-state index contributed by atoms with van der Waals surface area (Å²) in [6.45, 7) is 0. The number of nitrogens with zero attached hydrogens (tertiary/aromatic N) is 1. The second kappa shape index (κ2) is 5.44. The number of carbonyl (C=O) groups is 1. The first-order chi connectivity index (χ1) is 9.69. The van der Waals surface area contributed by atoms with E-state index in [1.54, 1.807) is 0 Å². The predicted molar refractivity (Wildman–Crippen MR) is 80.9 cm³/mol. The number of anilines is 1. The van der Waals surface area contributed by atoms with Crippen molar-refractivity contribution in [2.24, 2.45) is 5.73 Å². The van der Waals surface area contributed by atoms with E-state index in [1.807, 2.05) is 24.3 Å². The molecule has 2 heterocycles. The molecule has 108 valence electrons. The number of primary amides is 1. The average molecular weight is 273 g/mol. The molecule has 3 rings (SSSR count). The summed E-state index contributed by atoms with van der Waals surface area (Å²) in [6.07, 6.45) is 6.30. The van der Waals surface area contributed by atoms with E-state index in [0.717, 1.165) is 0 Å². The Morgan fingerprint density at radius 2 is 1.80 bits per heavy atom.